The normalized spacial score (nSPS) is 10.5. The van der Waals surface area contributed by atoms with Gasteiger partial charge in [-0.2, -0.15) is 0 Å². The summed E-state index contributed by atoms with van der Waals surface area (Å²) in [5.74, 6) is -0.215. The summed E-state index contributed by atoms with van der Waals surface area (Å²) < 4.78 is 5.39. The lowest BCUT2D eigenvalue weighted by Gasteiger charge is -2.10. The first-order chi connectivity index (χ1) is 8.93. The maximum Gasteiger partial charge on any atom is 0.347 e. The van der Waals surface area contributed by atoms with Gasteiger partial charge in [0.05, 0.1) is 18.4 Å². The molecule has 4 nitrogen and oxygen atoms in total. The summed E-state index contributed by atoms with van der Waals surface area (Å²) in [6.45, 7) is 5.68. The molecule has 0 aliphatic heterocycles. The molecule has 0 aliphatic rings. The fourth-order valence-electron chi connectivity index (χ4n) is 2.07. The van der Waals surface area contributed by atoms with Crippen LogP contribution in [0.2, 0.25) is 0 Å². The number of aromatic carboxylic acids is 1. The number of ether oxygens (including phenoxy) is 1. The summed E-state index contributed by atoms with van der Waals surface area (Å²) >= 11 is 1.18. The molecule has 1 N–H and O–H groups in total. The van der Waals surface area contributed by atoms with Gasteiger partial charge in [0.1, 0.15) is 15.6 Å². The Hall–Kier alpha value is -1.88. The molecule has 0 fully saturated rings. The molecule has 1 heterocycles. The number of hydrogen-bond donors (Lipinski definition) is 1. The monoisotopic (exact) mass is 277 g/mol. The van der Waals surface area contributed by atoms with E-state index in [4.69, 9.17) is 9.84 Å². The highest BCUT2D eigenvalue weighted by molar-refractivity contribution is 7.17. The van der Waals surface area contributed by atoms with E-state index in [1.165, 1.54) is 11.3 Å². The number of benzene rings is 1. The van der Waals surface area contributed by atoms with Gasteiger partial charge in [0.2, 0.25) is 0 Å². The molecule has 0 aliphatic carbocycles. The van der Waals surface area contributed by atoms with Crippen molar-refractivity contribution >= 4 is 17.3 Å². The third-order valence-electron chi connectivity index (χ3n) is 2.87. The number of carbonyl (C=O) groups is 1. The van der Waals surface area contributed by atoms with Crippen LogP contribution in [0.1, 0.15) is 26.5 Å². The van der Waals surface area contributed by atoms with Gasteiger partial charge in [-0.3, -0.25) is 0 Å². The van der Waals surface area contributed by atoms with Crippen molar-refractivity contribution in [1.29, 1.82) is 0 Å². The van der Waals surface area contributed by atoms with Gasteiger partial charge in [0.25, 0.3) is 0 Å². The Kier molecular flexibility index (Phi) is 3.57. The van der Waals surface area contributed by atoms with Gasteiger partial charge in [-0.15, -0.1) is 11.3 Å². The molecule has 0 amide bonds. The fourth-order valence-corrected chi connectivity index (χ4v) is 3.09. The summed E-state index contributed by atoms with van der Waals surface area (Å²) in [5, 5.41) is 9.79. The minimum Gasteiger partial charge on any atom is -0.496 e. The van der Waals surface area contributed by atoms with Crippen molar-refractivity contribution in [2.75, 3.05) is 7.11 Å². The first kappa shape index (κ1) is 13.5. The molecular weight excluding hydrogens is 262 g/mol. The molecule has 0 bridgehead atoms. The maximum absolute atomic E-state index is 11.1. The van der Waals surface area contributed by atoms with Crippen LogP contribution in [0.15, 0.2) is 12.1 Å². The van der Waals surface area contributed by atoms with Crippen molar-refractivity contribution < 1.29 is 14.6 Å². The lowest BCUT2D eigenvalue weighted by Crippen LogP contribution is -1.94. The number of aryl methyl sites for hydroxylation is 3. The molecule has 0 spiro atoms. The third kappa shape index (κ3) is 2.46. The van der Waals surface area contributed by atoms with Gasteiger partial charge < -0.3 is 9.84 Å². The predicted octanol–water partition coefficient (Wildman–Crippen LogP) is 3.44. The van der Waals surface area contributed by atoms with Crippen molar-refractivity contribution in [3.8, 4) is 16.3 Å². The number of carboxylic acid groups (broad SMARTS) is 1. The van der Waals surface area contributed by atoms with Crippen LogP contribution in [0.5, 0.6) is 5.75 Å². The van der Waals surface area contributed by atoms with Crippen LogP contribution < -0.4 is 4.74 Å². The van der Waals surface area contributed by atoms with Gasteiger partial charge in [0.15, 0.2) is 0 Å². The molecule has 0 saturated heterocycles. The number of rotatable bonds is 3. The highest BCUT2D eigenvalue weighted by atomic mass is 32.1. The van der Waals surface area contributed by atoms with Crippen molar-refractivity contribution in [1.82, 2.24) is 4.98 Å². The van der Waals surface area contributed by atoms with Crippen LogP contribution in [0.3, 0.4) is 0 Å². The van der Waals surface area contributed by atoms with Crippen molar-refractivity contribution in [2.45, 2.75) is 20.8 Å². The minimum absolute atomic E-state index is 0.275. The second-order valence-corrected chi connectivity index (χ2v) is 5.40. The topological polar surface area (TPSA) is 59.4 Å². The van der Waals surface area contributed by atoms with Crippen molar-refractivity contribution in [2.24, 2.45) is 0 Å². The number of thiazole rings is 1. The Morgan fingerprint density at radius 2 is 2.00 bits per heavy atom. The lowest BCUT2D eigenvalue weighted by atomic mass is 10.0. The highest BCUT2D eigenvalue weighted by Gasteiger charge is 2.19. The zero-order valence-electron chi connectivity index (χ0n) is 11.3. The number of methoxy groups -OCH3 is 1. The van der Waals surface area contributed by atoms with Crippen LogP contribution in [0.4, 0.5) is 0 Å². The van der Waals surface area contributed by atoms with E-state index in [-0.39, 0.29) is 4.88 Å². The van der Waals surface area contributed by atoms with E-state index in [0.29, 0.717) is 10.7 Å². The Balaban J connectivity index is 2.65. The zero-order valence-corrected chi connectivity index (χ0v) is 12.1. The Bertz CT molecular complexity index is 646. The summed E-state index contributed by atoms with van der Waals surface area (Å²) in [6, 6.07) is 3.97. The lowest BCUT2D eigenvalue weighted by molar-refractivity contribution is 0.0701. The Morgan fingerprint density at radius 3 is 2.53 bits per heavy atom. The second kappa shape index (κ2) is 5.01. The molecule has 1 aromatic heterocycles. The van der Waals surface area contributed by atoms with Gasteiger partial charge in [-0.05, 0) is 38.0 Å². The quantitative estimate of drug-likeness (QED) is 0.933. The number of nitrogens with zero attached hydrogens (tertiary/aromatic N) is 1. The van der Waals surface area contributed by atoms with Crippen molar-refractivity contribution in [3.63, 3.8) is 0 Å². The number of carboxylic acids is 1. The molecule has 0 saturated carbocycles. The number of hydrogen-bond acceptors (Lipinski definition) is 4. The highest BCUT2D eigenvalue weighted by Crippen LogP contribution is 2.37. The molecule has 2 aromatic rings. The van der Waals surface area contributed by atoms with Crippen LogP contribution >= 0.6 is 11.3 Å². The molecule has 1 aromatic carbocycles. The molecule has 100 valence electrons. The smallest absolute Gasteiger partial charge is 0.347 e. The van der Waals surface area contributed by atoms with Gasteiger partial charge in [-0.25, -0.2) is 9.78 Å². The van der Waals surface area contributed by atoms with E-state index in [1.54, 1.807) is 14.0 Å². The molecule has 5 heteroatoms. The van der Waals surface area contributed by atoms with Gasteiger partial charge in [0, 0.05) is 0 Å². The first-order valence-corrected chi connectivity index (χ1v) is 6.62. The summed E-state index contributed by atoms with van der Waals surface area (Å²) in [5.41, 5.74) is 3.54. The average molecular weight is 277 g/mol. The SMILES string of the molecule is COc1cc(C)cc(C)c1-c1nc(C)c(C(=O)O)s1. The Labute approximate surface area is 115 Å². The van der Waals surface area contributed by atoms with Crippen LogP contribution in [0, 0.1) is 20.8 Å². The predicted molar refractivity (Wildman–Crippen MR) is 75.3 cm³/mol. The fraction of sp³-hybridized carbons (Fsp3) is 0.286. The third-order valence-corrected chi connectivity index (χ3v) is 4.03. The molecule has 19 heavy (non-hydrogen) atoms. The summed E-state index contributed by atoms with van der Waals surface area (Å²) in [4.78, 5) is 15.7. The van der Waals surface area contributed by atoms with E-state index in [2.05, 4.69) is 4.98 Å². The Morgan fingerprint density at radius 1 is 1.32 bits per heavy atom. The second-order valence-electron chi connectivity index (χ2n) is 4.40. The number of aromatic nitrogens is 1. The summed E-state index contributed by atoms with van der Waals surface area (Å²) in [7, 11) is 1.61. The zero-order chi connectivity index (χ0) is 14.2. The van der Waals surface area contributed by atoms with E-state index in [1.807, 2.05) is 26.0 Å². The first-order valence-electron chi connectivity index (χ1n) is 5.80. The molecule has 0 unspecified atom stereocenters. The van der Waals surface area contributed by atoms with Crippen LogP contribution in [-0.2, 0) is 0 Å². The largest absolute Gasteiger partial charge is 0.496 e. The molecule has 0 atom stereocenters. The minimum atomic E-state index is -0.940. The van der Waals surface area contributed by atoms with Gasteiger partial charge >= 0.3 is 5.97 Å². The van der Waals surface area contributed by atoms with Crippen LogP contribution in [-0.4, -0.2) is 23.2 Å². The van der Waals surface area contributed by atoms with Crippen LogP contribution in [0.25, 0.3) is 10.6 Å². The van der Waals surface area contributed by atoms with Gasteiger partial charge in [-0.1, -0.05) is 6.07 Å². The average Bonchev–Trinajstić information content (AvgIpc) is 2.69. The van der Waals surface area contributed by atoms with E-state index in [0.717, 1.165) is 22.4 Å². The standard InChI is InChI=1S/C14H15NO3S/c1-7-5-8(2)11(10(6-7)18-4)13-15-9(3)12(19-13)14(16)17/h5-6H,1-4H3,(H,16,17). The van der Waals surface area contributed by atoms with E-state index in [9.17, 15) is 4.79 Å². The van der Waals surface area contributed by atoms with E-state index >= 15 is 0 Å². The van der Waals surface area contributed by atoms with E-state index < -0.39 is 5.97 Å². The van der Waals surface area contributed by atoms with Crippen molar-refractivity contribution in [3.05, 3.63) is 33.8 Å². The maximum atomic E-state index is 11.1. The molecule has 0 radical (unpaired) electrons. The molecular formula is C14H15NO3S. The summed E-state index contributed by atoms with van der Waals surface area (Å²) in [6.07, 6.45) is 0. The molecule has 2 rings (SSSR count).